The maximum atomic E-state index is 13.6. The van der Waals surface area contributed by atoms with Crippen LogP contribution in [0.5, 0.6) is 0 Å². The number of hydrogen-bond acceptors (Lipinski definition) is 2. The van der Waals surface area contributed by atoms with Crippen LogP contribution in [-0.4, -0.2) is 6.54 Å². The second-order valence-corrected chi connectivity index (χ2v) is 6.40. The summed E-state index contributed by atoms with van der Waals surface area (Å²) in [5.41, 5.74) is 1.87. The highest BCUT2D eigenvalue weighted by atomic mass is 79.9. The van der Waals surface area contributed by atoms with E-state index in [0.29, 0.717) is 16.9 Å². The number of furan rings is 1. The van der Waals surface area contributed by atoms with Crippen molar-refractivity contribution in [2.45, 2.75) is 40.2 Å². The van der Waals surface area contributed by atoms with Crippen molar-refractivity contribution in [3.05, 3.63) is 33.7 Å². The van der Waals surface area contributed by atoms with E-state index in [2.05, 4.69) is 42.0 Å². The highest BCUT2D eigenvalue weighted by Crippen LogP contribution is 2.34. The molecule has 1 aromatic carbocycles. The zero-order valence-electron chi connectivity index (χ0n) is 12.2. The summed E-state index contributed by atoms with van der Waals surface area (Å²) in [6.45, 7) is 8.10. The Kier molecular flexibility index (Phi) is 5.22. The molecule has 20 heavy (non-hydrogen) atoms. The van der Waals surface area contributed by atoms with Gasteiger partial charge >= 0.3 is 0 Å². The van der Waals surface area contributed by atoms with Crippen molar-refractivity contribution < 1.29 is 8.81 Å². The van der Waals surface area contributed by atoms with Gasteiger partial charge in [0.1, 0.15) is 17.2 Å². The smallest absolute Gasteiger partial charge is 0.149 e. The minimum atomic E-state index is -0.233. The molecule has 2 nitrogen and oxygen atoms in total. The summed E-state index contributed by atoms with van der Waals surface area (Å²) in [5, 5.41) is 4.25. The van der Waals surface area contributed by atoms with E-state index in [-0.39, 0.29) is 5.82 Å². The maximum absolute atomic E-state index is 13.6. The van der Waals surface area contributed by atoms with Crippen LogP contribution in [0.3, 0.4) is 0 Å². The standard InChI is InChI=1S/C16H21BrFNO/c1-4-5-19-9-15-12(6-10(2)3)13-7-11(18)8-14(17)16(13)20-15/h7-8,10,19H,4-6,9H2,1-3H3. The molecule has 4 heteroatoms. The molecule has 0 saturated heterocycles. The third kappa shape index (κ3) is 3.41. The van der Waals surface area contributed by atoms with Gasteiger partial charge in [-0.1, -0.05) is 20.8 Å². The Morgan fingerprint density at radius 1 is 1.35 bits per heavy atom. The van der Waals surface area contributed by atoms with Gasteiger partial charge in [-0.2, -0.15) is 0 Å². The summed E-state index contributed by atoms with van der Waals surface area (Å²) < 4.78 is 20.3. The van der Waals surface area contributed by atoms with Crippen LogP contribution in [0.15, 0.2) is 21.0 Å². The van der Waals surface area contributed by atoms with Crippen molar-refractivity contribution in [1.82, 2.24) is 5.32 Å². The summed E-state index contributed by atoms with van der Waals surface area (Å²) in [7, 11) is 0. The molecule has 1 N–H and O–H groups in total. The quantitative estimate of drug-likeness (QED) is 0.745. The molecule has 0 saturated carbocycles. The van der Waals surface area contributed by atoms with Crippen molar-refractivity contribution in [1.29, 1.82) is 0 Å². The molecule has 0 radical (unpaired) electrons. The molecule has 2 rings (SSSR count). The normalized spacial score (nSPS) is 11.7. The maximum Gasteiger partial charge on any atom is 0.149 e. The Hall–Kier alpha value is -0.870. The molecule has 1 aromatic heterocycles. The highest BCUT2D eigenvalue weighted by Gasteiger charge is 2.17. The molecule has 0 atom stereocenters. The summed E-state index contributed by atoms with van der Waals surface area (Å²) in [6.07, 6.45) is 1.98. The lowest BCUT2D eigenvalue weighted by Gasteiger charge is -2.07. The van der Waals surface area contributed by atoms with Gasteiger partial charge < -0.3 is 9.73 Å². The Bertz CT molecular complexity index is 592. The fourth-order valence-corrected chi connectivity index (χ4v) is 2.89. The number of halogens is 2. The lowest BCUT2D eigenvalue weighted by Crippen LogP contribution is -2.14. The van der Waals surface area contributed by atoms with Gasteiger partial charge in [0.2, 0.25) is 0 Å². The molecule has 0 aliphatic carbocycles. The van der Waals surface area contributed by atoms with Gasteiger partial charge in [0, 0.05) is 10.9 Å². The van der Waals surface area contributed by atoms with Crippen LogP contribution in [0, 0.1) is 11.7 Å². The molecular formula is C16H21BrFNO. The molecule has 0 aliphatic rings. The first kappa shape index (κ1) is 15.5. The number of benzene rings is 1. The van der Waals surface area contributed by atoms with Crippen molar-refractivity contribution in [2.24, 2.45) is 5.92 Å². The second kappa shape index (κ2) is 6.72. The molecule has 1 heterocycles. The number of rotatable bonds is 6. The van der Waals surface area contributed by atoms with Gasteiger partial charge in [-0.05, 0) is 53.4 Å². The van der Waals surface area contributed by atoms with Crippen molar-refractivity contribution >= 4 is 26.9 Å². The predicted octanol–water partition coefficient (Wildman–Crippen LogP) is 5.03. The molecule has 0 aliphatic heterocycles. The molecule has 0 fully saturated rings. The number of hydrogen-bond donors (Lipinski definition) is 1. The van der Waals surface area contributed by atoms with Crippen LogP contribution < -0.4 is 5.32 Å². The zero-order valence-corrected chi connectivity index (χ0v) is 13.8. The Labute approximate surface area is 127 Å². The molecule has 2 aromatic rings. The molecule has 0 spiro atoms. The van der Waals surface area contributed by atoms with Gasteiger partial charge in [-0.3, -0.25) is 0 Å². The van der Waals surface area contributed by atoms with E-state index in [1.165, 1.54) is 6.07 Å². The van der Waals surface area contributed by atoms with E-state index in [1.807, 2.05) is 0 Å². The Balaban J connectivity index is 2.46. The lowest BCUT2D eigenvalue weighted by atomic mass is 9.99. The van der Waals surface area contributed by atoms with Gasteiger partial charge in [0.25, 0.3) is 0 Å². The van der Waals surface area contributed by atoms with E-state index in [9.17, 15) is 4.39 Å². The molecular weight excluding hydrogens is 321 g/mol. The fourth-order valence-electron chi connectivity index (χ4n) is 2.38. The van der Waals surface area contributed by atoms with Crippen LogP contribution in [0.1, 0.15) is 38.5 Å². The zero-order chi connectivity index (χ0) is 14.7. The largest absolute Gasteiger partial charge is 0.458 e. The van der Waals surface area contributed by atoms with Gasteiger partial charge in [-0.15, -0.1) is 0 Å². The minimum Gasteiger partial charge on any atom is -0.458 e. The highest BCUT2D eigenvalue weighted by molar-refractivity contribution is 9.10. The van der Waals surface area contributed by atoms with E-state index >= 15 is 0 Å². The Morgan fingerprint density at radius 3 is 2.75 bits per heavy atom. The van der Waals surface area contributed by atoms with E-state index in [4.69, 9.17) is 4.42 Å². The summed E-state index contributed by atoms with van der Waals surface area (Å²) in [4.78, 5) is 0. The third-order valence-electron chi connectivity index (χ3n) is 3.22. The molecule has 0 unspecified atom stereocenters. The second-order valence-electron chi connectivity index (χ2n) is 5.54. The molecule has 110 valence electrons. The number of nitrogens with one attached hydrogen (secondary N) is 1. The summed E-state index contributed by atoms with van der Waals surface area (Å²) in [6, 6.07) is 3.03. The van der Waals surface area contributed by atoms with Gasteiger partial charge in [0.15, 0.2) is 0 Å². The van der Waals surface area contributed by atoms with Crippen molar-refractivity contribution in [2.75, 3.05) is 6.54 Å². The van der Waals surface area contributed by atoms with Crippen LogP contribution in [0.4, 0.5) is 4.39 Å². The van der Waals surface area contributed by atoms with Crippen molar-refractivity contribution in [3.8, 4) is 0 Å². The van der Waals surface area contributed by atoms with Crippen molar-refractivity contribution in [3.63, 3.8) is 0 Å². The van der Waals surface area contributed by atoms with Crippen LogP contribution in [-0.2, 0) is 13.0 Å². The fraction of sp³-hybridized carbons (Fsp3) is 0.500. The first-order chi connectivity index (χ1) is 9.52. The molecule has 0 bridgehead atoms. The lowest BCUT2D eigenvalue weighted by molar-refractivity contribution is 0.499. The topological polar surface area (TPSA) is 25.2 Å². The van der Waals surface area contributed by atoms with Crippen LogP contribution in [0.2, 0.25) is 0 Å². The van der Waals surface area contributed by atoms with E-state index in [0.717, 1.165) is 41.7 Å². The Morgan fingerprint density at radius 2 is 2.10 bits per heavy atom. The monoisotopic (exact) mass is 341 g/mol. The first-order valence-corrected chi connectivity index (χ1v) is 7.92. The van der Waals surface area contributed by atoms with Gasteiger partial charge in [0.05, 0.1) is 11.0 Å². The van der Waals surface area contributed by atoms with Crippen LogP contribution >= 0.6 is 15.9 Å². The van der Waals surface area contributed by atoms with Crippen LogP contribution in [0.25, 0.3) is 11.0 Å². The summed E-state index contributed by atoms with van der Waals surface area (Å²) in [5.74, 6) is 1.19. The SMILES string of the molecule is CCCNCc1oc2c(Br)cc(F)cc2c1CC(C)C. The molecule has 0 amide bonds. The minimum absolute atomic E-state index is 0.233. The summed E-state index contributed by atoms with van der Waals surface area (Å²) >= 11 is 3.39. The first-order valence-electron chi connectivity index (χ1n) is 7.13. The average molecular weight is 342 g/mol. The third-order valence-corrected chi connectivity index (χ3v) is 3.81. The van der Waals surface area contributed by atoms with Gasteiger partial charge in [-0.25, -0.2) is 4.39 Å². The van der Waals surface area contributed by atoms with E-state index < -0.39 is 0 Å². The number of fused-ring (bicyclic) bond motifs is 1. The average Bonchev–Trinajstić information content (AvgIpc) is 2.68. The predicted molar refractivity (Wildman–Crippen MR) is 84.4 cm³/mol. The van der Waals surface area contributed by atoms with E-state index in [1.54, 1.807) is 6.07 Å².